The fraction of sp³-hybridized carbons (Fsp3) is 0.300. The van der Waals surface area contributed by atoms with E-state index >= 15 is 0 Å². The van der Waals surface area contributed by atoms with Crippen LogP contribution in [0.1, 0.15) is 25.7 Å². The molecule has 1 aromatic heterocycles. The predicted molar refractivity (Wildman–Crippen MR) is 100 cm³/mol. The molecule has 25 heavy (non-hydrogen) atoms. The smallest absolute Gasteiger partial charge is 0.227 e. The van der Waals surface area contributed by atoms with Gasteiger partial charge in [0.1, 0.15) is 5.82 Å². The average molecular weight is 334 g/mol. The van der Waals surface area contributed by atoms with Crippen molar-refractivity contribution in [1.29, 1.82) is 0 Å². The molecule has 0 bridgehead atoms. The molecule has 128 valence electrons. The van der Waals surface area contributed by atoms with Gasteiger partial charge in [0.2, 0.25) is 5.91 Å². The van der Waals surface area contributed by atoms with E-state index in [1.165, 1.54) is 0 Å². The number of anilines is 1. The second kappa shape index (κ2) is 6.69. The zero-order valence-corrected chi connectivity index (χ0v) is 14.0. The summed E-state index contributed by atoms with van der Waals surface area (Å²) in [4.78, 5) is 20.5. The lowest BCUT2D eigenvalue weighted by Crippen LogP contribution is -2.34. The lowest BCUT2D eigenvalue weighted by atomic mass is 9.85. The summed E-state index contributed by atoms with van der Waals surface area (Å²) in [5.74, 6) is 0.882. The maximum absolute atomic E-state index is 12.5. The summed E-state index contributed by atoms with van der Waals surface area (Å²) in [6.45, 7) is 0. The molecule has 1 saturated carbocycles. The molecule has 4 rings (SSSR count). The topological polar surface area (TPSA) is 83.8 Å². The molecule has 0 spiro atoms. The number of nitrogens with zero attached hydrogens (tertiary/aromatic N) is 1. The van der Waals surface area contributed by atoms with Crippen molar-refractivity contribution in [1.82, 2.24) is 9.97 Å². The van der Waals surface area contributed by atoms with Crippen molar-refractivity contribution >= 4 is 22.6 Å². The van der Waals surface area contributed by atoms with Crippen molar-refractivity contribution in [3.8, 4) is 11.4 Å². The normalized spacial score (nSPS) is 20.5. The highest BCUT2D eigenvalue weighted by Crippen LogP contribution is 2.26. The molecule has 1 fully saturated rings. The zero-order chi connectivity index (χ0) is 17.2. The van der Waals surface area contributed by atoms with Crippen LogP contribution in [-0.2, 0) is 4.79 Å². The first-order valence-corrected chi connectivity index (χ1v) is 8.81. The molecule has 1 aliphatic carbocycles. The summed E-state index contributed by atoms with van der Waals surface area (Å²) in [5, 5.41) is 3.04. The molecule has 1 heterocycles. The quantitative estimate of drug-likeness (QED) is 0.683. The summed E-state index contributed by atoms with van der Waals surface area (Å²) in [6.07, 6.45) is 3.74. The van der Waals surface area contributed by atoms with Crippen LogP contribution in [0.5, 0.6) is 0 Å². The molecule has 2 unspecified atom stereocenters. The van der Waals surface area contributed by atoms with E-state index in [2.05, 4.69) is 15.3 Å². The number of aromatic amines is 1. The van der Waals surface area contributed by atoms with E-state index in [0.717, 1.165) is 53.8 Å². The van der Waals surface area contributed by atoms with Gasteiger partial charge in [-0.05, 0) is 43.5 Å². The van der Waals surface area contributed by atoms with Gasteiger partial charge in [0, 0.05) is 23.2 Å². The van der Waals surface area contributed by atoms with Crippen LogP contribution in [0.2, 0.25) is 0 Å². The summed E-state index contributed by atoms with van der Waals surface area (Å²) >= 11 is 0. The Labute approximate surface area is 146 Å². The number of carbonyl (C=O) groups excluding carboxylic acids is 1. The second-order valence-electron chi connectivity index (χ2n) is 6.80. The van der Waals surface area contributed by atoms with Gasteiger partial charge < -0.3 is 16.0 Å². The van der Waals surface area contributed by atoms with Gasteiger partial charge in [-0.1, -0.05) is 30.7 Å². The maximum atomic E-state index is 12.5. The van der Waals surface area contributed by atoms with Crippen LogP contribution in [-0.4, -0.2) is 21.9 Å². The van der Waals surface area contributed by atoms with E-state index in [1.807, 2.05) is 48.5 Å². The lowest BCUT2D eigenvalue weighted by molar-refractivity contribution is -0.120. The van der Waals surface area contributed by atoms with Crippen LogP contribution in [0.4, 0.5) is 5.69 Å². The van der Waals surface area contributed by atoms with Crippen molar-refractivity contribution in [3.05, 3.63) is 48.5 Å². The molecule has 5 nitrogen and oxygen atoms in total. The van der Waals surface area contributed by atoms with Gasteiger partial charge in [-0.2, -0.15) is 0 Å². The van der Waals surface area contributed by atoms with E-state index in [9.17, 15) is 4.79 Å². The number of carbonyl (C=O) groups is 1. The molecule has 1 aliphatic rings. The Morgan fingerprint density at radius 3 is 2.88 bits per heavy atom. The molecular formula is C20H22N4O. The Balaban J connectivity index is 1.54. The largest absolute Gasteiger partial charge is 0.338 e. The highest BCUT2D eigenvalue weighted by atomic mass is 16.1. The first-order valence-electron chi connectivity index (χ1n) is 8.81. The van der Waals surface area contributed by atoms with Gasteiger partial charge in [0.25, 0.3) is 0 Å². The Bertz CT molecular complexity index is 868. The van der Waals surface area contributed by atoms with E-state index in [-0.39, 0.29) is 17.9 Å². The fourth-order valence-corrected chi connectivity index (χ4v) is 3.54. The number of hydrogen-bond acceptors (Lipinski definition) is 3. The number of nitrogens with one attached hydrogen (secondary N) is 2. The summed E-state index contributed by atoms with van der Waals surface area (Å²) in [5.41, 5.74) is 9.68. The highest BCUT2D eigenvalue weighted by molar-refractivity contribution is 5.93. The molecule has 0 aliphatic heterocycles. The van der Waals surface area contributed by atoms with Gasteiger partial charge >= 0.3 is 0 Å². The van der Waals surface area contributed by atoms with Gasteiger partial charge in [0.15, 0.2) is 0 Å². The number of benzene rings is 2. The molecular weight excluding hydrogens is 312 g/mol. The first kappa shape index (κ1) is 15.8. The van der Waals surface area contributed by atoms with Crippen molar-refractivity contribution in [2.45, 2.75) is 31.7 Å². The standard InChI is InChI=1S/C20H22N4O/c21-15-7-3-6-14(11-15)20(25)22-16-8-4-5-13(12-16)19-23-17-9-1-2-10-18(17)24-19/h1-2,4-5,8-10,12,14-15H,3,6-7,11,21H2,(H,22,25)(H,23,24). The molecule has 2 atom stereocenters. The molecule has 4 N–H and O–H groups in total. The number of fused-ring (bicyclic) bond motifs is 1. The summed E-state index contributed by atoms with van der Waals surface area (Å²) < 4.78 is 0. The zero-order valence-electron chi connectivity index (χ0n) is 14.0. The Morgan fingerprint density at radius 1 is 1.16 bits per heavy atom. The minimum atomic E-state index is 0.0126. The van der Waals surface area contributed by atoms with Gasteiger partial charge in [-0.3, -0.25) is 4.79 Å². The maximum Gasteiger partial charge on any atom is 0.227 e. The third kappa shape index (κ3) is 3.42. The summed E-state index contributed by atoms with van der Waals surface area (Å²) in [7, 11) is 0. The van der Waals surface area contributed by atoms with Crippen molar-refractivity contribution in [2.24, 2.45) is 11.7 Å². The van der Waals surface area contributed by atoms with Crippen molar-refractivity contribution in [2.75, 3.05) is 5.32 Å². The number of imidazole rings is 1. The number of nitrogens with two attached hydrogens (primary N) is 1. The molecule has 0 saturated heterocycles. The van der Waals surface area contributed by atoms with Gasteiger partial charge in [-0.25, -0.2) is 4.98 Å². The predicted octanol–water partition coefficient (Wildman–Crippen LogP) is 3.69. The minimum absolute atomic E-state index is 0.0126. The lowest BCUT2D eigenvalue weighted by Gasteiger charge is -2.25. The Morgan fingerprint density at radius 2 is 2.04 bits per heavy atom. The summed E-state index contributed by atoms with van der Waals surface area (Å²) in [6, 6.07) is 15.9. The number of hydrogen-bond donors (Lipinski definition) is 3. The van der Waals surface area contributed by atoms with Crippen LogP contribution >= 0.6 is 0 Å². The molecule has 2 aromatic carbocycles. The van der Waals surface area contributed by atoms with Crippen LogP contribution in [0.3, 0.4) is 0 Å². The third-order valence-corrected chi connectivity index (χ3v) is 4.88. The Kier molecular flexibility index (Phi) is 4.24. The number of aromatic nitrogens is 2. The van der Waals surface area contributed by atoms with E-state index in [1.54, 1.807) is 0 Å². The van der Waals surface area contributed by atoms with Crippen molar-refractivity contribution in [3.63, 3.8) is 0 Å². The average Bonchev–Trinajstić information content (AvgIpc) is 3.06. The molecule has 3 aromatic rings. The van der Waals surface area contributed by atoms with Crippen molar-refractivity contribution < 1.29 is 4.79 Å². The van der Waals surface area contributed by atoms with E-state index < -0.39 is 0 Å². The first-order chi connectivity index (χ1) is 12.2. The molecule has 0 radical (unpaired) electrons. The van der Waals surface area contributed by atoms with Gasteiger partial charge in [-0.15, -0.1) is 0 Å². The van der Waals surface area contributed by atoms with Crippen LogP contribution in [0, 0.1) is 5.92 Å². The Hall–Kier alpha value is -2.66. The minimum Gasteiger partial charge on any atom is -0.338 e. The highest BCUT2D eigenvalue weighted by Gasteiger charge is 2.25. The third-order valence-electron chi connectivity index (χ3n) is 4.88. The van der Waals surface area contributed by atoms with Crippen LogP contribution < -0.4 is 11.1 Å². The number of rotatable bonds is 3. The molecule has 1 amide bonds. The number of H-pyrrole nitrogens is 1. The SMILES string of the molecule is NC1CCCC(C(=O)Nc2cccc(-c3nc4ccccc4[nH]3)c2)C1. The van der Waals surface area contributed by atoms with Crippen LogP contribution in [0.25, 0.3) is 22.4 Å². The van der Waals surface area contributed by atoms with Crippen LogP contribution in [0.15, 0.2) is 48.5 Å². The number of para-hydroxylation sites is 2. The van der Waals surface area contributed by atoms with E-state index in [4.69, 9.17) is 5.73 Å². The van der Waals surface area contributed by atoms with E-state index in [0.29, 0.717) is 0 Å². The number of amides is 1. The van der Waals surface area contributed by atoms with Gasteiger partial charge in [0.05, 0.1) is 11.0 Å². The second-order valence-corrected chi connectivity index (χ2v) is 6.80. The monoisotopic (exact) mass is 334 g/mol. The molecule has 5 heteroatoms. The fourth-order valence-electron chi connectivity index (χ4n) is 3.54.